The van der Waals surface area contributed by atoms with Gasteiger partial charge in [-0.05, 0) is 30.9 Å². The van der Waals surface area contributed by atoms with Gasteiger partial charge in [0.1, 0.15) is 0 Å². The number of nitrogens with zero attached hydrogens (tertiary/aromatic N) is 1. The third-order valence-corrected chi connectivity index (χ3v) is 3.62. The fraction of sp³-hybridized carbons (Fsp3) is 0.364. The first-order valence-electron chi connectivity index (χ1n) is 4.96. The van der Waals surface area contributed by atoms with E-state index in [1.165, 1.54) is 12.8 Å². The summed E-state index contributed by atoms with van der Waals surface area (Å²) in [6.45, 7) is 0. The summed E-state index contributed by atoms with van der Waals surface area (Å²) >= 11 is 3.52. The van der Waals surface area contributed by atoms with Gasteiger partial charge in [-0.3, -0.25) is 4.57 Å². The van der Waals surface area contributed by atoms with Crippen molar-refractivity contribution < 1.29 is 4.42 Å². The lowest BCUT2D eigenvalue weighted by Crippen LogP contribution is -2.08. The van der Waals surface area contributed by atoms with Gasteiger partial charge in [0.05, 0.1) is 5.52 Å². The summed E-state index contributed by atoms with van der Waals surface area (Å²) in [5.74, 6) is 0.277. The van der Waals surface area contributed by atoms with Crippen LogP contribution in [0.25, 0.3) is 11.1 Å². The highest BCUT2D eigenvalue weighted by atomic mass is 79.9. The molecule has 0 radical (unpaired) electrons. The van der Waals surface area contributed by atoms with Crippen molar-refractivity contribution >= 4 is 27.0 Å². The van der Waals surface area contributed by atoms with Crippen molar-refractivity contribution in [2.45, 2.75) is 18.8 Å². The third kappa shape index (κ3) is 1.28. The molecule has 1 aliphatic carbocycles. The topological polar surface area (TPSA) is 35.1 Å². The van der Waals surface area contributed by atoms with E-state index in [-0.39, 0.29) is 5.76 Å². The Hall–Kier alpha value is -1.03. The monoisotopic (exact) mass is 267 g/mol. The van der Waals surface area contributed by atoms with Crippen LogP contribution in [-0.4, -0.2) is 4.57 Å². The molecule has 3 nitrogen and oxygen atoms in total. The van der Waals surface area contributed by atoms with Crippen LogP contribution < -0.4 is 5.76 Å². The molecule has 0 N–H and O–H groups in total. The van der Waals surface area contributed by atoms with E-state index in [9.17, 15) is 4.79 Å². The van der Waals surface area contributed by atoms with E-state index in [0.29, 0.717) is 5.92 Å². The van der Waals surface area contributed by atoms with Gasteiger partial charge in [-0.2, -0.15) is 0 Å². The van der Waals surface area contributed by atoms with Gasteiger partial charge < -0.3 is 4.42 Å². The Balaban J connectivity index is 2.44. The van der Waals surface area contributed by atoms with Crippen LogP contribution in [0.2, 0.25) is 0 Å². The number of halogens is 1. The maximum Gasteiger partial charge on any atom is 0.419 e. The van der Waals surface area contributed by atoms with Crippen LogP contribution in [0.1, 0.15) is 24.3 Å². The quantitative estimate of drug-likeness (QED) is 0.797. The van der Waals surface area contributed by atoms with Crippen molar-refractivity contribution in [1.82, 2.24) is 4.57 Å². The maximum absolute atomic E-state index is 11.4. The van der Waals surface area contributed by atoms with E-state index in [1.54, 1.807) is 11.6 Å². The molecule has 1 fully saturated rings. The summed E-state index contributed by atoms with van der Waals surface area (Å²) in [5, 5.41) is 0. The molecule has 15 heavy (non-hydrogen) atoms. The van der Waals surface area contributed by atoms with Gasteiger partial charge in [0.25, 0.3) is 0 Å². The number of rotatable bonds is 1. The molecule has 1 heterocycles. The fourth-order valence-electron chi connectivity index (χ4n) is 1.94. The van der Waals surface area contributed by atoms with Crippen LogP contribution in [-0.2, 0) is 7.05 Å². The van der Waals surface area contributed by atoms with Crippen LogP contribution >= 0.6 is 15.9 Å². The van der Waals surface area contributed by atoms with E-state index < -0.39 is 0 Å². The highest BCUT2D eigenvalue weighted by Crippen LogP contribution is 2.46. The van der Waals surface area contributed by atoms with E-state index in [4.69, 9.17) is 4.42 Å². The molecule has 1 aromatic heterocycles. The Morgan fingerprint density at radius 2 is 2.20 bits per heavy atom. The van der Waals surface area contributed by atoms with Crippen molar-refractivity contribution in [1.29, 1.82) is 0 Å². The molecule has 1 aliphatic rings. The van der Waals surface area contributed by atoms with Crippen LogP contribution in [0, 0.1) is 0 Å². The predicted molar refractivity (Wildman–Crippen MR) is 61.1 cm³/mol. The third-order valence-electron chi connectivity index (χ3n) is 2.93. The Bertz CT molecular complexity index is 592. The second kappa shape index (κ2) is 2.98. The van der Waals surface area contributed by atoms with E-state index >= 15 is 0 Å². The van der Waals surface area contributed by atoms with Gasteiger partial charge in [-0.25, -0.2) is 4.79 Å². The summed E-state index contributed by atoms with van der Waals surface area (Å²) in [5.41, 5.74) is 2.79. The molecule has 2 aromatic rings. The predicted octanol–water partition coefficient (Wildman–Crippen LogP) is 2.77. The van der Waals surface area contributed by atoms with Crippen LogP contribution in [0.4, 0.5) is 0 Å². The summed E-state index contributed by atoms with van der Waals surface area (Å²) in [6, 6.07) is 3.90. The second-order valence-electron chi connectivity index (χ2n) is 4.01. The smallest absolute Gasteiger partial charge is 0.407 e. The van der Waals surface area contributed by atoms with Crippen molar-refractivity contribution in [2.24, 2.45) is 7.05 Å². The Labute approximate surface area is 94.8 Å². The molecule has 1 aromatic carbocycles. The minimum Gasteiger partial charge on any atom is -0.407 e. The van der Waals surface area contributed by atoms with Gasteiger partial charge in [0.15, 0.2) is 5.58 Å². The Kier molecular flexibility index (Phi) is 1.83. The number of hydrogen-bond donors (Lipinski definition) is 0. The molecule has 0 atom stereocenters. The van der Waals surface area contributed by atoms with Gasteiger partial charge in [-0.15, -0.1) is 0 Å². The van der Waals surface area contributed by atoms with Crippen LogP contribution in [0.15, 0.2) is 25.8 Å². The largest absolute Gasteiger partial charge is 0.419 e. The van der Waals surface area contributed by atoms with Crippen LogP contribution in [0.3, 0.4) is 0 Å². The number of aryl methyl sites for hydroxylation is 1. The summed E-state index contributed by atoms with van der Waals surface area (Å²) in [4.78, 5) is 11.4. The molecule has 0 saturated heterocycles. The second-order valence-corrected chi connectivity index (χ2v) is 4.86. The fourth-order valence-corrected chi connectivity index (χ4v) is 2.58. The van der Waals surface area contributed by atoms with Gasteiger partial charge >= 0.3 is 5.76 Å². The van der Waals surface area contributed by atoms with Gasteiger partial charge in [0, 0.05) is 17.1 Å². The Morgan fingerprint density at radius 3 is 2.87 bits per heavy atom. The molecule has 0 amide bonds. The normalized spacial score (nSPS) is 16.1. The Morgan fingerprint density at radius 1 is 1.47 bits per heavy atom. The number of fused-ring (bicyclic) bond motifs is 1. The van der Waals surface area contributed by atoms with E-state index in [1.807, 2.05) is 12.1 Å². The first-order valence-corrected chi connectivity index (χ1v) is 5.75. The van der Waals surface area contributed by atoms with Crippen molar-refractivity contribution in [3.8, 4) is 0 Å². The lowest BCUT2D eigenvalue weighted by molar-refractivity contribution is 0.525. The average Bonchev–Trinajstić information content (AvgIpc) is 2.97. The average molecular weight is 268 g/mol. The summed E-state index contributed by atoms with van der Waals surface area (Å²) in [7, 11) is 1.73. The number of benzene rings is 1. The lowest BCUT2D eigenvalue weighted by atomic mass is 10.1. The zero-order valence-corrected chi connectivity index (χ0v) is 9.87. The number of aromatic nitrogens is 1. The van der Waals surface area contributed by atoms with Gasteiger partial charge in [0.2, 0.25) is 0 Å². The number of oxazole rings is 1. The minimum atomic E-state index is -0.287. The first kappa shape index (κ1) is 9.21. The standard InChI is InChI=1S/C11H10BrNO2/c1-13-8-5-4-7(12)9(6-2-3-6)10(8)15-11(13)14/h4-6H,2-3H2,1H3. The molecule has 4 heteroatoms. The molecule has 0 aliphatic heterocycles. The van der Waals surface area contributed by atoms with Crippen molar-refractivity contribution in [3.63, 3.8) is 0 Å². The molecular formula is C11H10BrNO2. The number of hydrogen-bond acceptors (Lipinski definition) is 2. The summed E-state index contributed by atoms with van der Waals surface area (Å²) in [6.07, 6.45) is 2.38. The molecule has 0 spiro atoms. The maximum atomic E-state index is 11.4. The first-order chi connectivity index (χ1) is 7.18. The van der Waals surface area contributed by atoms with E-state index in [2.05, 4.69) is 15.9 Å². The minimum absolute atomic E-state index is 0.287. The highest BCUT2D eigenvalue weighted by molar-refractivity contribution is 9.10. The SMILES string of the molecule is Cn1c(=O)oc2c(C3CC3)c(Br)ccc21. The van der Waals surface area contributed by atoms with Crippen LogP contribution in [0.5, 0.6) is 0 Å². The molecule has 3 rings (SSSR count). The van der Waals surface area contributed by atoms with Crippen molar-refractivity contribution in [3.05, 3.63) is 32.7 Å². The molecule has 1 saturated carbocycles. The van der Waals surface area contributed by atoms with Gasteiger partial charge in [-0.1, -0.05) is 15.9 Å². The lowest BCUT2D eigenvalue weighted by Gasteiger charge is -2.02. The van der Waals surface area contributed by atoms with Crippen molar-refractivity contribution in [2.75, 3.05) is 0 Å². The van der Waals surface area contributed by atoms with E-state index in [0.717, 1.165) is 21.1 Å². The molecule has 0 bridgehead atoms. The highest BCUT2D eigenvalue weighted by Gasteiger charge is 2.29. The zero-order chi connectivity index (χ0) is 10.6. The molecule has 0 unspecified atom stereocenters. The zero-order valence-electron chi connectivity index (χ0n) is 8.29. The summed E-state index contributed by atoms with van der Waals surface area (Å²) < 4.78 is 7.89. The molecular weight excluding hydrogens is 258 g/mol. The molecule has 78 valence electrons.